The number of hydrogen-bond acceptors (Lipinski definition) is 6. The molecule has 2 aromatic heterocycles. The van der Waals surface area contributed by atoms with Crippen molar-refractivity contribution in [3.05, 3.63) is 71.5 Å². The summed E-state index contributed by atoms with van der Waals surface area (Å²) >= 11 is 0.707. The summed E-state index contributed by atoms with van der Waals surface area (Å²) in [5.74, 6) is -0.817. The highest BCUT2D eigenvalue weighted by atomic mass is 32.2. The van der Waals surface area contributed by atoms with E-state index in [1.807, 2.05) is 6.07 Å². The van der Waals surface area contributed by atoms with Gasteiger partial charge in [-0.3, -0.25) is 4.79 Å². The van der Waals surface area contributed by atoms with Gasteiger partial charge in [-0.15, -0.1) is 0 Å². The Balaban J connectivity index is 1.81. The molecule has 0 radical (unpaired) electrons. The highest BCUT2D eigenvalue weighted by molar-refractivity contribution is 7.99. The third kappa shape index (κ3) is 5.18. The smallest absolute Gasteiger partial charge is 0.417 e. The summed E-state index contributed by atoms with van der Waals surface area (Å²) in [6, 6.07) is 14.2. The van der Waals surface area contributed by atoms with Gasteiger partial charge in [-0.25, -0.2) is 4.98 Å². The number of furan rings is 1. The Bertz CT molecular complexity index is 1030. The van der Waals surface area contributed by atoms with E-state index >= 15 is 0 Å². The average Bonchev–Trinajstić information content (AvgIpc) is 3.25. The minimum Gasteiger partial charge on any atom is -0.463 e. The number of rotatable bonds is 6. The molecule has 0 bridgehead atoms. The van der Waals surface area contributed by atoms with Gasteiger partial charge in [-0.2, -0.15) is 18.4 Å². The van der Waals surface area contributed by atoms with Gasteiger partial charge in [-0.05, 0) is 23.8 Å². The summed E-state index contributed by atoms with van der Waals surface area (Å²) in [6.07, 6.45) is -3.46. The molecule has 0 saturated heterocycles. The summed E-state index contributed by atoms with van der Waals surface area (Å²) in [6.45, 7) is 0.0407. The number of pyridine rings is 1. The van der Waals surface area contributed by atoms with Gasteiger partial charge >= 0.3 is 12.1 Å². The lowest BCUT2D eigenvalue weighted by molar-refractivity contribution is -0.141. The van der Waals surface area contributed by atoms with Crippen LogP contribution < -0.4 is 0 Å². The van der Waals surface area contributed by atoms with Crippen molar-refractivity contribution in [1.29, 1.82) is 5.26 Å². The molecule has 0 aliphatic rings. The van der Waals surface area contributed by atoms with Gasteiger partial charge in [0.2, 0.25) is 0 Å². The van der Waals surface area contributed by atoms with E-state index < -0.39 is 23.3 Å². The number of alkyl halides is 3. The maximum atomic E-state index is 13.4. The van der Waals surface area contributed by atoms with E-state index in [4.69, 9.17) is 9.15 Å². The van der Waals surface area contributed by atoms with Crippen LogP contribution in [0.1, 0.15) is 16.7 Å². The standard InChI is InChI=1S/C20H13F3N2O3S/c21-20(22,23)15-9-16(17-7-4-8-27-17)25-19(14(15)10-24)29-12-18(26)28-11-13-5-2-1-3-6-13/h1-9H,11-12H2. The van der Waals surface area contributed by atoms with Crippen molar-refractivity contribution in [2.45, 2.75) is 17.8 Å². The minimum atomic E-state index is -4.77. The molecule has 9 heteroatoms. The first-order valence-electron chi connectivity index (χ1n) is 8.27. The van der Waals surface area contributed by atoms with Crippen LogP contribution in [0.5, 0.6) is 0 Å². The lowest BCUT2D eigenvalue weighted by atomic mass is 10.1. The Hall–Kier alpha value is -3.25. The zero-order valence-electron chi connectivity index (χ0n) is 14.8. The maximum Gasteiger partial charge on any atom is 0.417 e. The number of nitrogens with zero attached hydrogens (tertiary/aromatic N) is 2. The normalized spacial score (nSPS) is 11.1. The molecule has 0 amide bonds. The van der Waals surface area contributed by atoms with Crippen LogP contribution in [0.4, 0.5) is 13.2 Å². The van der Waals surface area contributed by atoms with Gasteiger partial charge in [0.1, 0.15) is 23.4 Å². The van der Waals surface area contributed by atoms with E-state index in [1.54, 1.807) is 24.3 Å². The molecule has 0 aliphatic heterocycles. The van der Waals surface area contributed by atoms with Crippen LogP contribution in [0.15, 0.2) is 64.2 Å². The molecule has 148 valence electrons. The number of carbonyl (C=O) groups excluding carboxylic acids is 1. The third-order valence-electron chi connectivity index (χ3n) is 3.75. The van der Waals surface area contributed by atoms with Gasteiger partial charge in [0.25, 0.3) is 0 Å². The zero-order chi connectivity index (χ0) is 20.9. The molecule has 3 aromatic rings. The largest absolute Gasteiger partial charge is 0.463 e. The molecule has 0 aliphatic carbocycles. The van der Waals surface area contributed by atoms with Gasteiger partial charge in [0.05, 0.1) is 23.1 Å². The van der Waals surface area contributed by atoms with Crippen molar-refractivity contribution < 1.29 is 27.1 Å². The number of hydrogen-bond donors (Lipinski definition) is 0. The molecular formula is C20H13F3N2O3S. The molecule has 0 atom stereocenters. The Morgan fingerprint density at radius 3 is 2.59 bits per heavy atom. The highest BCUT2D eigenvalue weighted by Gasteiger charge is 2.36. The predicted octanol–water partition coefficient (Wildman–Crippen LogP) is 5.07. The Kier molecular flexibility index (Phi) is 6.24. The molecule has 0 N–H and O–H groups in total. The van der Waals surface area contributed by atoms with Crippen LogP contribution in [0.2, 0.25) is 0 Å². The second-order valence-electron chi connectivity index (χ2n) is 5.76. The first kappa shape index (κ1) is 20.5. The lowest BCUT2D eigenvalue weighted by Gasteiger charge is -2.13. The lowest BCUT2D eigenvalue weighted by Crippen LogP contribution is -2.12. The van der Waals surface area contributed by atoms with Crippen molar-refractivity contribution >= 4 is 17.7 Å². The predicted molar refractivity (Wildman–Crippen MR) is 98.6 cm³/mol. The molecule has 0 saturated carbocycles. The molecule has 5 nitrogen and oxygen atoms in total. The number of benzene rings is 1. The van der Waals surface area contributed by atoms with E-state index in [0.717, 1.165) is 11.6 Å². The van der Waals surface area contributed by atoms with Crippen molar-refractivity contribution in [2.75, 3.05) is 5.75 Å². The second kappa shape index (κ2) is 8.84. The van der Waals surface area contributed by atoms with Crippen LogP contribution in [0.3, 0.4) is 0 Å². The number of aromatic nitrogens is 1. The van der Waals surface area contributed by atoms with Crippen molar-refractivity contribution in [3.63, 3.8) is 0 Å². The van der Waals surface area contributed by atoms with E-state index in [-0.39, 0.29) is 28.8 Å². The molecular weight excluding hydrogens is 405 g/mol. The number of thioether (sulfide) groups is 1. The van der Waals surface area contributed by atoms with Gasteiger partial charge < -0.3 is 9.15 Å². The molecule has 0 fully saturated rings. The average molecular weight is 418 g/mol. The summed E-state index contributed by atoms with van der Waals surface area (Å²) in [5, 5.41) is 9.04. The molecule has 1 aromatic carbocycles. The summed E-state index contributed by atoms with van der Waals surface area (Å²) in [4.78, 5) is 16.1. The third-order valence-corrected chi connectivity index (χ3v) is 4.70. The first-order valence-corrected chi connectivity index (χ1v) is 9.25. The molecule has 2 heterocycles. The van der Waals surface area contributed by atoms with E-state index in [9.17, 15) is 23.2 Å². The fourth-order valence-electron chi connectivity index (χ4n) is 2.42. The fraction of sp³-hybridized carbons (Fsp3) is 0.150. The monoisotopic (exact) mass is 418 g/mol. The number of carbonyl (C=O) groups is 1. The van der Waals surface area contributed by atoms with Crippen molar-refractivity contribution in [2.24, 2.45) is 0 Å². The molecule has 3 rings (SSSR count). The van der Waals surface area contributed by atoms with Gasteiger partial charge in [0.15, 0.2) is 5.76 Å². The van der Waals surface area contributed by atoms with Crippen LogP contribution >= 0.6 is 11.8 Å². The van der Waals surface area contributed by atoms with Crippen LogP contribution in [0, 0.1) is 11.3 Å². The SMILES string of the molecule is N#Cc1c(C(F)(F)F)cc(-c2ccco2)nc1SCC(=O)OCc1ccccc1. The Morgan fingerprint density at radius 2 is 1.97 bits per heavy atom. The fourth-order valence-corrected chi connectivity index (χ4v) is 3.22. The summed E-state index contributed by atoms with van der Waals surface area (Å²) < 4.78 is 50.5. The Labute approximate surface area is 168 Å². The van der Waals surface area contributed by atoms with E-state index in [0.29, 0.717) is 11.8 Å². The molecule has 0 unspecified atom stereocenters. The number of halogens is 3. The molecule has 0 spiro atoms. The van der Waals surface area contributed by atoms with Crippen LogP contribution in [-0.4, -0.2) is 16.7 Å². The summed E-state index contributed by atoms with van der Waals surface area (Å²) in [7, 11) is 0. The Morgan fingerprint density at radius 1 is 1.21 bits per heavy atom. The minimum absolute atomic E-state index is 0.0407. The maximum absolute atomic E-state index is 13.4. The first-order chi connectivity index (χ1) is 13.9. The zero-order valence-corrected chi connectivity index (χ0v) is 15.6. The quantitative estimate of drug-likeness (QED) is 0.411. The number of nitriles is 1. The van der Waals surface area contributed by atoms with Gasteiger partial charge in [0, 0.05) is 0 Å². The second-order valence-corrected chi connectivity index (χ2v) is 6.72. The number of ether oxygens (including phenoxy) is 1. The van der Waals surface area contributed by atoms with Crippen LogP contribution in [-0.2, 0) is 22.3 Å². The van der Waals surface area contributed by atoms with E-state index in [1.165, 1.54) is 24.5 Å². The van der Waals surface area contributed by atoms with E-state index in [2.05, 4.69) is 4.98 Å². The number of esters is 1. The van der Waals surface area contributed by atoms with Gasteiger partial charge in [-0.1, -0.05) is 42.1 Å². The highest BCUT2D eigenvalue weighted by Crippen LogP contribution is 2.38. The van der Waals surface area contributed by atoms with Crippen LogP contribution in [0.25, 0.3) is 11.5 Å². The molecule has 29 heavy (non-hydrogen) atoms. The summed E-state index contributed by atoms with van der Waals surface area (Å²) in [5.41, 5.74) is -1.09. The van der Waals surface area contributed by atoms with Crippen molar-refractivity contribution in [1.82, 2.24) is 4.98 Å². The van der Waals surface area contributed by atoms with Crippen molar-refractivity contribution in [3.8, 4) is 17.5 Å². The topological polar surface area (TPSA) is 76.1 Å².